The summed E-state index contributed by atoms with van der Waals surface area (Å²) in [7, 11) is 0. The van der Waals surface area contributed by atoms with Crippen molar-refractivity contribution in [1.29, 1.82) is 0 Å². The Balaban J connectivity index is 2.25. The van der Waals surface area contributed by atoms with Crippen molar-refractivity contribution in [2.24, 2.45) is 0 Å². The number of hydrogen-bond donors (Lipinski definition) is 3. The third-order valence-electron chi connectivity index (χ3n) is 2.39. The molecule has 0 spiro atoms. The molecule has 19 heavy (non-hydrogen) atoms. The number of carbonyl (C=O) groups is 2. The Morgan fingerprint density at radius 1 is 1.32 bits per heavy atom. The van der Waals surface area contributed by atoms with Gasteiger partial charge in [0, 0.05) is 25.5 Å². The number of carbonyl (C=O) groups excluding carboxylic acids is 2. The summed E-state index contributed by atoms with van der Waals surface area (Å²) in [5.74, 6) is -0.430. The molecule has 0 aliphatic heterocycles. The van der Waals surface area contributed by atoms with Crippen LogP contribution in [0.4, 0.5) is 5.13 Å². The highest BCUT2D eigenvalue weighted by Gasteiger charge is 2.10. The monoisotopic (exact) mass is 285 g/mol. The van der Waals surface area contributed by atoms with Crippen LogP contribution < -0.4 is 10.6 Å². The van der Waals surface area contributed by atoms with E-state index in [-0.39, 0.29) is 18.4 Å². The van der Waals surface area contributed by atoms with Crippen molar-refractivity contribution in [3.05, 3.63) is 11.1 Å². The van der Waals surface area contributed by atoms with Crippen molar-refractivity contribution in [2.75, 3.05) is 18.5 Å². The highest BCUT2D eigenvalue weighted by Crippen LogP contribution is 2.15. The zero-order valence-electron chi connectivity index (χ0n) is 10.9. The van der Waals surface area contributed by atoms with E-state index in [0.717, 1.165) is 25.7 Å². The maximum absolute atomic E-state index is 11.7. The molecular weight excluding hydrogens is 266 g/mol. The van der Waals surface area contributed by atoms with Crippen LogP contribution in [-0.2, 0) is 4.79 Å². The van der Waals surface area contributed by atoms with E-state index in [4.69, 9.17) is 5.11 Å². The Morgan fingerprint density at radius 2 is 2.05 bits per heavy atom. The SMILES string of the molecule is CC(=O)Nc1nc(C(=O)NCCCCCCO)cs1. The molecule has 6 nitrogen and oxygen atoms in total. The summed E-state index contributed by atoms with van der Waals surface area (Å²) >= 11 is 1.22. The van der Waals surface area contributed by atoms with E-state index in [1.165, 1.54) is 18.3 Å². The van der Waals surface area contributed by atoms with Gasteiger partial charge in [-0.05, 0) is 12.8 Å². The van der Waals surface area contributed by atoms with E-state index < -0.39 is 0 Å². The molecule has 0 atom stereocenters. The van der Waals surface area contributed by atoms with E-state index in [0.29, 0.717) is 17.4 Å². The van der Waals surface area contributed by atoms with Gasteiger partial charge in [0.25, 0.3) is 5.91 Å². The first kappa shape index (κ1) is 15.6. The van der Waals surface area contributed by atoms with E-state index in [1.54, 1.807) is 5.38 Å². The van der Waals surface area contributed by atoms with Gasteiger partial charge in [0.15, 0.2) is 5.13 Å². The van der Waals surface area contributed by atoms with Crippen molar-refractivity contribution in [3.8, 4) is 0 Å². The molecule has 0 unspecified atom stereocenters. The number of aromatic nitrogens is 1. The molecule has 7 heteroatoms. The Bertz CT molecular complexity index is 420. The molecule has 0 saturated carbocycles. The predicted octanol–water partition coefficient (Wildman–Crippen LogP) is 1.38. The number of unbranched alkanes of at least 4 members (excludes halogenated alkanes) is 3. The average molecular weight is 285 g/mol. The lowest BCUT2D eigenvalue weighted by Crippen LogP contribution is -2.24. The fourth-order valence-corrected chi connectivity index (χ4v) is 2.21. The lowest BCUT2D eigenvalue weighted by atomic mass is 10.2. The number of thiazole rings is 1. The van der Waals surface area contributed by atoms with E-state index >= 15 is 0 Å². The summed E-state index contributed by atoms with van der Waals surface area (Å²) in [6.45, 7) is 2.21. The maximum Gasteiger partial charge on any atom is 0.270 e. The van der Waals surface area contributed by atoms with E-state index in [9.17, 15) is 9.59 Å². The van der Waals surface area contributed by atoms with Gasteiger partial charge in [-0.1, -0.05) is 12.8 Å². The second kappa shape index (κ2) is 8.60. The van der Waals surface area contributed by atoms with Gasteiger partial charge in [-0.25, -0.2) is 4.98 Å². The van der Waals surface area contributed by atoms with E-state index in [1.807, 2.05) is 0 Å². The second-order valence-electron chi connectivity index (χ2n) is 4.11. The van der Waals surface area contributed by atoms with Crippen LogP contribution in [0, 0.1) is 0 Å². The number of nitrogens with one attached hydrogen (secondary N) is 2. The quantitative estimate of drug-likeness (QED) is 0.629. The van der Waals surface area contributed by atoms with Crippen LogP contribution in [0.5, 0.6) is 0 Å². The first-order valence-electron chi connectivity index (χ1n) is 6.25. The Hall–Kier alpha value is -1.47. The number of aliphatic hydroxyl groups excluding tert-OH is 1. The van der Waals surface area contributed by atoms with Crippen LogP contribution >= 0.6 is 11.3 Å². The molecule has 0 bridgehead atoms. The van der Waals surface area contributed by atoms with Crippen molar-refractivity contribution < 1.29 is 14.7 Å². The first-order valence-corrected chi connectivity index (χ1v) is 7.13. The molecule has 0 aliphatic rings. The van der Waals surface area contributed by atoms with Crippen molar-refractivity contribution >= 4 is 28.3 Å². The van der Waals surface area contributed by atoms with E-state index in [2.05, 4.69) is 15.6 Å². The fourth-order valence-electron chi connectivity index (χ4n) is 1.47. The molecule has 3 N–H and O–H groups in total. The van der Waals surface area contributed by atoms with Gasteiger partial charge in [0.05, 0.1) is 0 Å². The minimum absolute atomic E-state index is 0.204. The van der Waals surface area contributed by atoms with Crippen LogP contribution in [0.15, 0.2) is 5.38 Å². The molecule has 0 fully saturated rings. The third kappa shape index (κ3) is 6.30. The largest absolute Gasteiger partial charge is 0.396 e. The highest BCUT2D eigenvalue weighted by atomic mass is 32.1. The molecule has 0 radical (unpaired) electrons. The van der Waals surface area contributed by atoms with Crippen molar-refractivity contribution in [3.63, 3.8) is 0 Å². The summed E-state index contributed by atoms with van der Waals surface area (Å²) in [5.41, 5.74) is 0.323. The average Bonchev–Trinajstić information content (AvgIpc) is 2.81. The zero-order valence-corrected chi connectivity index (χ0v) is 11.8. The maximum atomic E-state index is 11.7. The van der Waals surface area contributed by atoms with Gasteiger partial charge < -0.3 is 15.7 Å². The second-order valence-corrected chi connectivity index (χ2v) is 4.97. The Morgan fingerprint density at radius 3 is 2.74 bits per heavy atom. The molecule has 1 heterocycles. The first-order chi connectivity index (χ1) is 9.13. The summed E-state index contributed by atoms with van der Waals surface area (Å²) < 4.78 is 0. The molecule has 2 amide bonds. The van der Waals surface area contributed by atoms with Gasteiger partial charge >= 0.3 is 0 Å². The molecule has 0 saturated heterocycles. The fraction of sp³-hybridized carbons (Fsp3) is 0.583. The minimum Gasteiger partial charge on any atom is -0.396 e. The normalized spacial score (nSPS) is 10.2. The Kier molecular flexibility index (Phi) is 7.06. The van der Waals surface area contributed by atoms with Gasteiger partial charge in [0.2, 0.25) is 5.91 Å². The molecular formula is C12H19N3O3S. The van der Waals surface area contributed by atoms with Crippen LogP contribution in [0.1, 0.15) is 43.1 Å². The standard InChI is InChI=1S/C12H19N3O3S/c1-9(17)14-12-15-10(8-19-12)11(18)13-6-4-2-3-5-7-16/h8,16H,2-7H2,1H3,(H,13,18)(H,14,15,17). The molecule has 1 rings (SSSR count). The van der Waals surface area contributed by atoms with Gasteiger partial charge in [-0.3, -0.25) is 9.59 Å². The molecule has 1 aromatic heterocycles. The van der Waals surface area contributed by atoms with Crippen molar-refractivity contribution in [2.45, 2.75) is 32.6 Å². The van der Waals surface area contributed by atoms with Gasteiger partial charge in [0.1, 0.15) is 5.69 Å². The minimum atomic E-state index is -0.227. The predicted molar refractivity (Wildman–Crippen MR) is 74.3 cm³/mol. The molecule has 0 aromatic carbocycles. The number of amides is 2. The number of aliphatic hydroxyl groups is 1. The lowest BCUT2D eigenvalue weighted by Gasteiger charge is -2.02. The van der Waals surface area contributed by atoms with Crippen molar-refractivity contribution in [1.82, 2.24) is 10.3 Å². The zero-order chi connectivity index (χ0) is 14.1. The summed E-state index contributed by atoms with van der Waals surface area (Å²) in [5, 5.41) is 16.0. The van der Waals surface area contributed by atoms with Crippen LogP contribution in [0.3, 0.4) is 0 Å². The van der Waals surface area contributed by atoms with Gasteiger partial charge in [-0.2, -0.15) is 0 Å². The number of nitrogens with zero attached hydrogens (tertiary/aromatic N) is 1. The van der Waals surface area contributed by atoms with Crippen LogP contribution in [0.25, 0.3) is 0 Å². The lowest BCUT2D eigenvalue weighted by molar-refractivity contribution is -0.114. The smallest absolute Gasteiger partial charge is 0.270 e. The molecule has 0 aliphatic carbocycles. The summed E-state index contributed by atoms with van der Waals surface area (Å²) in [6.07, 6.45) is 3.64. The van der Waals surface area contributed by atoms with Gasteiger partial charge in [-0.15, -0.1) is 11.3 Å². The third-order valence-corrected chi connectivity index (χ3v) is 3.15. The molecule has 106 valence electrons. The van der Waals surface area contributed by atoms with Crippen LogP contribution in [0.2, 0.25) is 0 Å². The Labute approximate surface area is 116 Å². The summed E-state index contributed by atoms with van der Waals surface area (Å²) in [4.78, 5) is 26.6. The summed E-state index contributed by atoms with van der Waals surface area (Å²) in [6, 6.07) is 0. The number of anilines is 1. The highest BCUT2D eigenvalue weighted by molar-refractivity contribution is 7.14. The number of rotatable bonds is 8. The topological polar surface area (TPSA) is 91.3 Å². The van der Waals surface area contributed by atoms with Crippen LogP contribution in [-0.4, -0.2) is 35.1 Å². The molecule has 1 aromatic rings. The number of hydrogen-bond acceptors (Lipinski definition) is 5.